The van der Waals surface area contributed by atoms with Crippen molar-refractivity contribution in [1.82, 2.24) is 24.9 Å². The van der Waals surface area contributed by atoms with Crippen molar-refractivity contribution in [2.24, 2.45) is 5.41 Å². The topological polar surface area (TPSA) is 125 Å². The van der Waals surface area contributed by atoms with Crippen molar-refractivity contribution in [1.29, 1.82) is 0 Å². The van der Waals surface area contributed by atoms with Crippen LogP contribution < -0.4 is 15.5 Å². The van der Waals surface area contributed by atoms with Gasteiger partial charge >= 0.3 is 5.97 Å². The Morgan fingerprint density at radius 2 is 1.86 bits per heavy atom. The lowest BCUT2D eigenvalue weighted by Crippen LogP contribution is -2.62. The molecule has 7 rings (SSSR count). The highest BCUT2D eigenvalue weighted by molar-refractivity contribution is 5.91. The molecule has 3 aliphatic rings. The zero-order valence-corrected chi connectivity index (χ0v) is 23.9. The molecule has 0 bridgehead atoms. The molecule has 2 saturated carbocycles. The van der Waals surface area contributed by atoms with E-state index in [1.54, 1.807) is 16.6 Å². The van der Waals surface area contributed by atoms with Crippen LogP contribution in [-0.2, 0) is 5.41 Å². The number of carbonyl (C=O) groups excluding carboxylic acids is 1. The predicted octanol–water partition coefficient (Wildman–Crippen LogP) is 4.45. The molecule has 3 N–H and O–H groups in total. The van der Waals surface area contributed by atoms with Gasteiger partial charge in [0.05, 0.1) is 11.9 Å². The highest BCUT2D eigenvalue weighted by atomic mass is 16.4. The number of benzene rings is 1. The van der Waals surface area contributed by atoms with E-state index >= 15 is 0 Å². The predicted molar refractivity (Wildman–Crippen MR) is 159 cm³/mol. The molecular formula is C32H35N7O3. The van der Waals surface area contributed by atoms with E-state index in [1.807, 2.05) is 13.1 Å². The van der Waals surface area contributed by atoms with Crippen LogP contribution >= 0.6 is 0 Å². The number of amides is 1. The van der Waals surface area contributed by atoms with Gasteiger partial charge in [0.2, 0.25) is 5.82 Å². The molecule has 10 nitrogen and oxygen atoms in total. The molecule has 2 aliphatic carbocycles. The van der Waals surface area contributed by atoms with Gasteiger partial charge in [-0.3, -0.25) is 4.79 Å². The third-order valence-corrected chi connectivity index (χ3v) is 9.72. The molecule has 1 amide bonds. The van der Waals surface area contributed by atoms with Crippen LogP contribution in [0, 0.1) is 12.3 Å². The third-order valence-electron chi connectivity index (χ3n) is 9.72. The van der Waals surface area contributed by atoms with Crippen molar-refractivity contribution >= 4 is 29.0 Å². The lowest BCUT2D eigenvalue weighted by Gasteiger charge is -2.59. The summed E-state index contributed by atoms with van der Waals surface area (Å²) < 4.78 is 1.74. The first-order valence-electron chi connectivity index (χ1n) is 14.7. The fourth-order valence-corrected chi connectivity index (χ4v) is 7.16. The van der Waals surface area contributed by atoms with Gasteiger partial charge in [-0.05, 0) is 73.8 Å². The summed E-state index contributed by atoms with van der Waals surface area (Å²) in [5, 5.41) is 20.4. The fourth-order valence-electron chi connectivity index (χ4n) is 7.16. The number of carbonyl (C=O) groups is 2. The number of hydrogen-bond acceptors (Lipinski definition) is 7. The molecule has 10 heteroatoms. The Hall–Kier alpha value is -4.47. The summed E-state index contributed by atoms with van der Waals surface area (Å²) in [6.45, 7) is 6.22. The first-order valence-corrected chi connectivity index (χ1v) is 14.7. The number of carboxylic acids is 1. The Morgan fingerprint density at radius 3 is 2.60 bits per heavy atom. The molecule has 216 valence electrons. The first-order chi connectivity index (χ1) is 20.2. The lowest BCUT2D eigenvalue weighted by atomic mass is 9.51. The number of carboxylic acid groups (broad SMARTS) is 1. The van der Waals surface area contributed by atoms with Gasteiger partial charge in [0.25, 0.3) is 5.91 Å². The minimum atomic E-state index is -1.04. The Bertz CT molecular complexity index is 1680. The minimum absolute atomic E-state index is 0.0283. The number of nitrogens with one attached hydrogen (secondary N) is 2. The van der Waals surface area contributed by atoms with Crippen LogP contribution in [0.2, 0.25) is 0 Å². The van der Waals surface area contributed by atoms with E-state index in [4.69, 9.17) is 0 Å². The van der Waals surface area contributed by atoms with Gasteiger partial charge in [-0.1, -0.05) is 43.3 Å². The van der Waals surface area contributed by atoms with E-state index in [0.717, 1.165) is 56.4 Å². The minimum Gasteiger partial charge on any atom is -0.477 e. The number of fused-ring (bicyclic) bond motifs is 1. The van der Waals surface area contributed by atoms with Crippen molar-refractivity contribution in [2.75, 3.05) is 23.3 Å². The molecule has 1 aromatic carbocycles. The van der Waals surface area contributed by atoms with Crippen molar-refractivity contribution in [3.05, 3.63) is 83.4 Å². The largest absolute Gasteiger partial charge is 0.477 e. The van der Waals surface area contributed by atoms with Gasteiger partial charge in [-0.2, -0.15) is 0 Å². The highest BCUT2D eigenvalue weighted by Crippen LogP contribution is 2.56. The molecule has 1 unspecified atom stereocenters. The quantitative estimate of drug-likeness (QED) is 0.300. The van der Waals surface area contributed by atoms with Crippen molar-refractivity contribution in [2.45, 2.75) is 63.5 Å². The Labute approximate surface area is 244 Å². The van der Waals surface area contributed by atoms with Crippen LogP contribution in [0.4, 0.5) is 11.5 Å². The monoisotopic (exact) mass is 565 g/mol. The summed E-state index contributed by atoms with van der Waals surface area (Å²) in [6, 6.07) is 18.1. The first kappa shape index (κ1) is 26.4. The molecule has 3 aromatic heterocycles. The number of aromatic nitrogens is 4. The highest BCUT2D eigenvalue weighted by Gasteiger charge is 2.55. The van der Waals surface area contributed by atoms with E-state index in [-0.39, 0.29) is 40.3 Å². The van der Waals surface area contributed by atoms with E-state index in [9.17, 15) is 14.7 Å². The number of rotatable bonds is 7. The summed E-state index contributed by atoms with van der Waals surface area (Å²) in [6.07, 6.45) is 6.85. The Kier molecular flexibility index (Phi) is 6.18. The summed E-state index contributed by atoms with van der Waals surface area (Å²) in [5.74, 6) is -0.530. The lowest BCUT2D eigenvalue weighted by molar-refractivity contribution is -0.0159. The van der Waals surface area contributed by atoms with Gasteiger partial charge in [0.1, 0.15) is 5.82 Å². The molecule has 2 atom stereocenters. The van der Waals surface area contributed by atoms with Crippen LogP contribution in [0.15, 0.2) is 60.8 Å². The normalized spacial score (nSPS) is 26.6. The number of anilines is 2. The Morgan fingerprint density at radius 1 is 1.05 bits per heavy atom. The SMILES string of the molecule is Cc1cc(N2CC[C@](C)(c3ccccc3)C2)cn2nc(C(=O)NC3CC4(CCC4Nc4cccc(C(=O)O)n4)C3)nc12. The molecule has 1 spiro atoms. The van der Waals surface area contributed by atoms with Gasteiger partial charge < -0.3 is 20.6 Å². The van der Waals surface area contributed by atoms with Crippen molar-refractivity contribution in [3.8, 4) is 0 Å². The van der Waals surface area contributed by atoms with Crippen LogP contribution in [0.5, 0.6) is 0 Å². The van der Waals surface area contributed by atoms with Crippen LogP contribution in [0.3, 0.4) is 0 Å². The number of pyridine rings is 2. The van der Waals surface area contributed by atoms with Crippen molar-refractivity contribution in [3.63, 3.8) is 0 Å². The van der Waals surface area contributed by atoms with E-state index < -0.39 is 5.97 Å². The molecule has 4 heterocycles. The summed E-state index contributed by atoms with van der Waals surface area (Å²) in [4.78, 5) is 35.6. The van der Waals surface area contributed by atoms with E-state index in [0.29, 0.717) is 11.5 Å². The molecule has 4 aromatic rings. The molecule has 42 heavy (non-hydrogen) atoms. The van der Waals surface area contributed by atoms with Crippen LogP contribution in [0.25, 0.3) is 5.65 Å². The maximum atomic E-state index is 13.2. The zero-order valence-electron chi connectivity index (χ0n) is 23.9. The average molecular weight is 566 g/mol. The summed E-state index contributed by atoms with van der Waals surface area (Å²) in [5.41, 5.74) is 4.34. The van der Waals surface area contributed by atoms with E-state index in [2.05, 4.69) is 73.9 Å². The van der Waals surface area contributed by atoms with Crippen LogP contribution in [0.1, 0.15) is 71.3 Å². The molecule has 0 radical (unpaired) electrons. The zero-order chi connectivity index (χ0) is 29.1. The van der Waals surface area contributed by atoms with E-state index in [1.165, 1.54) is 11.6 Å². The van der Waals surface area contributed by atoms with Crippen molar-refractivity contribution < 1.29 is 14.7 Å². The van der Waals surface area contributed by atoms with Gasteiger partial charge in [-0.15, -0.1) is 5.10 Å². The number of aromatic carboxylic acids is 1. The van der Waals surface area contributed by atoms with Crippen LogP contribution in [-0.4, -0.2) is 61.7 Å². The summed E-state index contributed by atoms with van der Waals surface area (Å²) >= 11 is 0. The molecule has 1 saturated heterocycles. The smallest absolute Gasteiger partial charge is 0.354 e. The average Bonchev–Trinajstić information content (AvgIpc) is 3.58. The second kappa shape index (κ2) is 9.82. The van der Waals surface area contributed by atoms with Gasteiger partial charge in [0, 0.05) is 30.6 Å². The van der Waals surface area contributed by atoms with Gasteiger partial charge in [0.15, 0.2) is 11.3 Å². The maximum absolute atomic E-state index is 13.2. The molecular weight excluding hydrogens is 530 g/mol. The third kappa shape index (κ3) is 4.55. The fraction of sp³-hybridized carbons (Fsp3) is 0.406. The maximum Gasteiger partial charge on any atom is 0.354 e. The second-order valence-corrected chi connectivity index (χ2v) is 12.6. The number of hydrogen-bond donors (Lipinski definition) is 3. The molecule has 3 fully saturated rings. The Balaban J connectivity index is 0.993. The number of nitrogens with zero attached hydrogens (tertiary/aromatic N) is 5. The molecule has 1 aliphatic heterocycles. The van der Waals surface area contributed by atoms with Gasteiger partial charge in [-0.25, -0.2) is 19.3 Å². The second-order valence-electron chi connectivity index (χ2n) is 12.6. The summed E-state index contributed by atoms with van der Waals surface area (Å²) in [7, 11) is 0. The number of aryl methyl sites for hydroxylation is 1. The standard InChI is InChI=1S/C32H35N7O3/c1-20-15-23(38-14-13-31(2,19-38)21-7-4-3-5-8-21)18-39-28(20)36-27(37-39)29(40)33-22-16-32(17-22)12-11-25(32)35-26-10-6-9-24(34-26)30(41)42/h3-10,15,18,22,25H,11-14,16-17,19H2,1-2H3,(H,33,40)(H,34,35)(H,41,42)/t22?,25?,31-,32?/m0/s1.